The number of nitrogens with one attached hydrogen (secondary N) is 2. The van der Waals surface area contributed by atoms with Crippen LogP contribution in [-0.2, 0) is 9.53 Å². The van der Waals surface area contributed by atoms with E-state index in [-0.39, 0.29) is 11.9 Å². The van der Waals surface area contributed by atoms with Gasteiger partial charge in [-0.3, -0.25) is 9.69 Å². The molecule has 0 spiro atoms. The van der Waals surface area contributed by atoms with Gasteiger partial charge in [-0.25, -0.2) is 9.59 Å². The van der Waals surface area contributed by atoms with Crippen LogP contribution in [0.5, 0.6) is 0 Å². The molecule has 1 saturated carbocycles. The Labute approximate surface area is 258 Å². The van der Waals surface area contributed by atoms with Gasteiger partial charge >= 0.3 is 12.0 Å². The fourth-order valence-corrected chi connectivity index (χ4v) is 5.81. The van der Waals surface area contributed by atoms with Gasteiger partial charge in [0.25, 0.3) is 5.91 Å². The van der Waals surface area contributed by atoms with Crippen molar-refractivity contribution in [2.45, 2.75) is 66.0 Å². The molecule has 1 unspecified atom stereocenters. The van der Waals surface area contributed by atoms with Crippen LogP contribution in [0.15, 0.2) is 66.2 Å². The Bertz CT molecular complexity index is 1600. The van der Waals surface area contributed by atoms with E-state index >= 15 is 0 Å². The molecule has 1 atom stereocenters. The lowest BCUT2D eigenvalue weighted by atomic mass is 9.88. The summed E-state index contributed by atoms with van der Waals surface area (Å²) in [7, 11) is 0. The smallest absolute Gasteiger partial charge is 0.338 e. The zero-order chi connectivity index (χ0) is 31.1. The number of anilines is 1. The number of carbonyl (C=O) groups is 3. The molecule has 2 aliphatic rings. The highest BCUT2D eigenvalue weighted by atomic mass is 35.5. The average Bonchev–Trinajstić information content (AvgIpc) is 3.75. The minimum absolute atomic E-state index is 0.293. The van der Waals surface area contributed by atoms with Gasteiger partial charge in [0.15, 0.2) is 0 Å². The number of esters is 1. The van der Waals surface area contributed by atoms with Crippen molar-refractivity contribution in [1.29, 1.82) is 0 Å². The number of hydrogen-bond acceptors (Lipinski definition) is 4. The molecular weight excluding hydrogens is 562 g/mol. The molecule has 0 saturated heterocycles. The summed E-state index contributed by atoms with van der Waals surface area (Å²) >= 11 is 6.62. The van der Waals surface area contributed by atoms with Gasteiger partial charge in [0, 0.05) is 6.54 Å². The first kappa shape index (κ1) is 30.4. The molecule has 5 rings (SSSR count). The second kappa shape index (κ2) is 11.9. The first-order valence-corrected chi connectivity index (χ1v) is 15.0. The average molecular weight is 600 g/mol. The highest BCUT2D eigenvalue weighted by Gasteiger charge is 2.41. The molecule has 224 valence electrons. The number of carbonyl (C=O) groups excluding carboxylic acids is 3. The van der Waals surface area contributed by atoms with Crippen LogP contribution in [0.4, 0.5) is 10.5 Å². The van der Waals surface area contributed by atoms with Crippen molar-refractivity contribution in [2.24, 2.45) is 5.92 Å². The third kappa shape index (κ3) is 6.78. The monoisotopic (exact) mass is 599 g/mol. The molecule has 0 radical (unpaired) electrons. The SMILES string of the molecule is Cc1cc(C)c(NC(=O)C2=C(c3ccccc3)N(CC3CC3)C(=O)NC2c2cc(C(=O)OC(C)(C)C)ccc2C)c(Cl)c1. The second-order valence-electron chi connectivity index (χ2n) is 12.5. The molecule has 43 heavy (non-hydrogen) atoms. The largest absolute Gasteiger partial charge is 0.456 e. The van der Waals surface area contributed by atoms with Crippen molar-refractivity contribution >= 4 is 40.9 Å². The molecule has 0 aromatic heterocycles. The molecule has 1 fully saturated rings. The van der Waals surface area contributed by atoms with Crippen LogP contribution in [0.1, 0.15) is 77.8 Å². The first-order valence-electron chi connectivity index (χ1n) is 14.6. The molecule has 2 N–H and O–H groups in total. The summed E-state index contributed by atoms with van der Waals surface area (Å²) in [6.45, 7) is 11.7. The van der Waals surface area contributed by atoms with E-state index < -0.39 is 17.6 Å². The van der Waals surface area contributed by atoms with Crippen molar-refractivity contribution in [2.75, 3.05) is 11.9 Å². The van der Waals surface area contributed by atoms with Crippen molar-refractivity contribution < 1.29 is 19.1 Å². The van der Waals surface area contributed by atoms with E-state index in [2.05, 4.69) is 10.6 Å². The summed E-state index contributed by atoms with van der Waals surface area (Å²) in [4.78, 5) is 43.1. The molecule has 1 heterocycles. The minimum atomic E-state index is -0.843. The van der Waals surface area contributed by atoms with Crippen LogP contribution < -0.4 is 10.6 Å². The highest BCUT2D eigenvalue weighted by Crippen LogP contribution is 2.41. The maximum atomic E-state index is 14.5. The second-order valence-corrected chi connectivity index (χ2v) is 12.9. The van der Waals surface area contributed by atoms with Gasteiger partial charge in [0.1, 0.15) is 5.60 Å². The van der Waals surface area contributed by atoms with E-state index in [1.54, 1.807) is 17.0 Å². The van der Waals surface area contributed by atoms with Crippen LogP contribution in [0.2, 0.25) is 5.02 Å². The van der Waals surface area contributed by atoms with Crippen LogP contribution in [0, 0.1) is 26.7 Å². The summed E-state index contributed by atoms with van der Waals surface area (Å²) in [5, 5.41) is 6.61. The van der Waals surface area contributed by atoms with Gasteiger partial charge in [-0.1, -0.05) is 54.1 Å². The maximum Gasteiger partial charge on any atom is 0.338 e. The molecule has 0 bridgehead atoms. The number of nitrogens with zero attached hydrogens (tertiary/aromatic N) is 1. The Balaban J connectivity index is 1.70. The zero-order valence-corrected chi connectivity index (χ0v) is 26.3. The zero-order valence-electron chi connectivity index (χ0n) is 25.5. The Morgan fingerprint density at radius 1 is 1.00 bits per heavy atom. The summed E-state index contributed by atoms with van der Waals surface area (Å²) in [6.07, 6.45) is 2.07. The number of hydrogen-bond donors (Lipinski definition) is 2. The van der Waals surface area contributed by atoms with E-state index in [4.69, 9.17) is 16.3 Å². The standard InChI is InChI=1S/C35H38ClN3O4/c1-20-16-22(3)29(27(36)17-20)37-32(40)28-30(26-18-25(15-12-21(26)2)33(41)43-35(4,5)6)38-34(42)39(19-23-13-14-23)31(28)24-10-8-7-9-11-24/h7-12,15-18,23,30H,13-14,19H2,1-6H3,(H,37,40)(H,38,42). The van der Waals surface area contributed by atoms with Crippen molar-refractivity contribution in [1.82, 2.24) is 10.2 Å². The number of urea groups is 1. The van der Waals surface area contributed by atoms with E-state index in [1.165, 1.54) is 0 Å². The first-order chi connectivity index (χ1) is 20.3. The fraction of sp³-hybridized carbons (Fsp3) is 0.343. The predicted octanol–water partition coefficient (Wildman–Crippen LogP) is 7.75. The van der Waals surface area contributed by atoms with Crippen LogP contribution in [-0.4, -0.2) is 35.0 Å². The Morgan fingerprint density at radius 3 is 2.33 bits per heavy atom. The topological polar surface area (TPSA) is 87.7 Å². The van der Waals surface area contributed by atoms with Crippen LogP contribution >= 0.6 is 11.6 Å². The fourth-order valence-electron chi connectivity index (χ4n) is 5.44. The van der Waals surface area contributed by atoms with Gasteiger partial charge in [0.05, 0.1) is 33.6 Å². The Hall–Kier alpha value is -4.10. The van der Waals surface area contributed by atoms with E-state index in [0.29, 0.717) is 45.6 Å². The van der Waals surface area contributed by atoms with Gasteiger partial charge in [-0.05, 0) is 106 Å². The van der Waals surface area contributed by atoms with Crippen LogP contribution in [0.3, 0.4) is 0 Å². The Morgan fingerprint density at radius 2 is 1.70 bits per heavy atom. The van der Waals surface area contributed by atoms with Gasteiger partial charge < -0.3 is 15.4 Å². The number of amides is 3. The normalized spacial score (nSPS) is 17.0. The molecule has 3 aromatic rings. The van der Waals surface area contributed by atoms with Crippen molar-refractivity contribution in [3.8, 4) is 0 Å². The van der Waals surface area contributed by atoms with Crippen LogP contribution in [0.25, 0.3) is 5.70 Å². The number of aryl methyl sites for hydroxylation is 3. The summed E-state index contributed by atoms with van der Waals surface area (Å²) < 4.78 is 5.63. The van der Waals surface area contributed by atoms with E-state index in [1.807, 2.05) is 90.1 Å². The highest BCUT2D eigenvalue weighted by molar-refractivity contribution is 6.34. The summed E-state index contributed by atoms with van der Waals surface area (Å²) in [5.74, 6) is -0.497. The number of benzene rings is 3. The van der Waals surface area contributed by atoms with Crippen molar-refractivity contribution in [3.63, 3.8) is 0 Å². The van der Waals surface area contributed by atoms with Gasteiger partial charge in [-0.2, -0.15) is 0 Å². The lowest BCUT2D eigenvalue weighted by Gasteiger charge is -2.38. The summed E-state index contributed by atoms with van der Waals surface area (Å²) in [6, 6.07) is 17.4. The van der Waals surface area contributed by atoms with Crippen molar-refractivity contribution in [3.05, 3.63) is 105 Å². The molecule has 1 aliphatic heterocycles. The summed E-state index contributed by atoms with van der Waals surface area (Å²) in [5.41, 5.74) is 5.09. The lowest BCUT2D eigenvalue weighted by Crippen LogP contribution is -2.49. The molecule has 3 aromatic carbocycles. The van der Waals surface area contributed by atoms with Gasteiger partial charge in [-0.15, -0.1) is 0 Å². The van der Waals surface area contributed by atoms with E-state index in [9.17, 15) is 14.4 Å². The lowest BCUT2D eigenvalue weighted by molar-refractivity contribution is -0.113. The third-order valence-corrected chi connectivity index (χ3v) is 7.95. The molecule has 1 aliphatic carbocycles. The quantitative estimate of drug-likeness (QED) is 0.272. The number of rotatable bonds is 7. The van der Waals surface area contributed by atoms with Gasteiger partial charge in [0.2, 0.25) is 0 Å². The molecule has 8 heteroatoms. The predicted molar refractivity (Wildman–Crippen MR) is 170 cm³/mol. The molecule has 3 amide bonds. The Kier molecular flexibility index (Phi) is 8.39. The molecular formula is C35H38ClN3O4. The minimum Gasteiger partial charge on any atom is -0.456 e. The number of ether oxygens (including phenoxy) is 1. The molecule has 7 nitrogen and oxygen atoms in total. The maximum absolute atomic E-state index is 14.5. The number of halogens is 1. The van der Waals surface area contributed by atoms with E-state index in [0.717, 1.165) is 35.1 Å². The third-order valence-electron chi connectivity index (χ3n) is 7.65.